The SMILES string of the molecule is Cc1ccc(C(=O)OCC(=O)Nc2cccc(S(=O)(=O)N(C)C)c2)c(O)c1. The maximum Gasteiger partial charge on any atom is 0.342 e. The molecule has 144 valence electrons. The van der Waals surface area contributed by atoms with Crippen LogP contribution in [0.4, 0.5) is 5.69 Å². The van der Waals surface area contributed by atoms with E-state index in [-0.39, 0.29) is 21.9 Å². The zero-order valence-electron chi connectivity index (χ0n) is 15.1. The predicted molar refractivity (Wildman–Crippen MR) is 99.1 cm³/mol. The number of hydrogen-bond acceptors (Lipinski definition) is 6. The van der Waals surface area contributed by atoms with Crippen molar-refractivity contribution in [3.8, 4) is 5.75 Å². The highest BCUT2D eigenvalue weighted by atomic mass is 32.2. The molecule has 0 aliphatic carbocycles. The van der Waals surface area contributed by atoms with Gasteiger partial charge in [-0.25, -0.2) is 17.5 Å². The Bertz CT molecular complexity index is 970. The highest BCUT2D eigenvalue weighted by Gasteiger charge is 2.18. The van der Waals surface area contributed by atoms with Crippen LogP contribution in [0.5, 0.6) is 5.75 Å². The van der Waals surface area contributed by atoms with Crippen LogP contribution in [0.1, 0.15) is 15.9 Å². The number of carbonyl (C=O) groups excluding carboxylic acids is 2. The van der Waals surface area contributed by atoms with Crippen LogP contribution < -0.4 is 5.32 Å². The molecule has 0 aliphatic rings. The summed E-state index contributed by atoms with van der Waals surface area (Å²) in [6.45, 7) is 1.17. The molecule has 0 spiro atoms. The summed E-state index contributed by atoms with van der Waals surface area (Å²) >= 11 is 0. The Morgan fingerprint density at radius 1 is 1.15 bits per heavy atom. The van der Waals surface area contributed by atoms with Gasteiger partial charge in [-0.15, -0.1) is 0 Å². The Kier molecular flexibility index (Phi) is 6.19. The van der Waals surface area contributed by atoms with Crippen LogP contribution in [-0.2, 0) is 19.6 Å². The summed E-state index contributed by atoms with van der Waals surface area (Å²) < 4.78 is 30.2. The van der Waals surface area contributed by atoms with Gasteiger partial charge in [0, 0.05) is 19.8 Å². The fraction of sp³-hybridized carbons (Fsp3) is 0.222. The van der Waals surface area contributed by atoms with Gasteiger partial charge >= 0.3 is 5.97 Å². The molecule has 9 heteroatoms. The van der Waals surface area contributed by atoms with Crippen molar-refractivity contribution < 1.29 is 27.9 Å². The average Bonchev–Trinajstić information content (AvgIpc) is 2.59. The van der Waals surface area contributed by atoms with E-state index in [4.69, 9.17) is 4.74 Å². The Morgan fingerprint density at radius 3 is 2.48 bits per heavy atom. The van der Waals surface area contributed by atoms with Gasteiger partial charge in [0.1, 0.15) is 11.3 Å². The van der Waals surface area contributed by atoms with E-state index in [0.29, 0.717) is 0 Å². The van der Waals surface area contributed by atoms with Gasteiger partial charge < -0.3 is 15.2 Å². The number of nitrogens with zero attached hydrogens (tertiary/aromatic N) is 1. The first-order valence-electron chi connectivity index (χ1n) is 7.90. The number of carbonyl (C=O) groups is 2. The normalized spacial score (nSPS) is 11.3. The second-order valence-electron chi connectivity index (χ2n) is 5.96. The molecule has 0 aromatic heterocycles. The lowest BCUT2D eigenvalue weighted by atomic mass is 10.1. The Morgan fingerprint density at radius 2 is 1.85 bits per heavy atom. The lowest BCUT2D eigenvalue weighted by molar-refractivity contribution is -0.119. The number of ether oxygens (including phenoxy) is 1. The van der Waals surface area contributed by atoms with Gasteiger partial charge in [-0.05, 0) is 42.8 Å². The van der Waals surface area contributed by atoms with E-state index in [1.807, 2.05) is 0 Å². The predicted octanol–water partition coefficient (Wildman–Crippen LogP) is 1.75. The molecule has 2 aromatic rings. The van der Waals surface area contributed by atoms with E-state index in [1.54, 1.807) is 13.0 Å². The van der Waals surface area contributed by atoms with Crippen LogP contribution in [0.15, 0.2) is 47.4 Å². The minimum Gasteiger partial charge on any atom is -0.507 e. The topological polar surface area (TPSA) is 113 Å². The number of aromatic hydroxyl groups is 1. The molecule has 2 N–H and O–H groups in total. The fourth-order valence-corrected chi connectivity index (χ4v) is 3.11. The Hall–Kier alpha value is -2.91. The number of phenols is 1. The number of benzene rings is 2. The Balaban J connectivity index is 2.01. The highest BCUT2D eigenvalue weighted by Crippen LogP contribution is 2.20. The number of esters is 1. The van der Waals surface area contributed by atoms with Gasteiger partial charge in [0.2, 0.25) is 10.0 Å². The van der Waals surface area contributed by atoms with Crippen LogP contribution >= 0.6 is 0 Å². The molecule has 1 amide bonds. The molecular formula is C18H20N2O6S. The van der Waals surface area contributed by atoms with Gasteiger partial charge in [0.15, 0.2) is 6.61 Å². The van der Waals surface area contributed by atoms with Crippen molar-refractivity contribution in [1.29, 1.82) is 0 Å². The van der Waals surface area contributed by atoms with E-state index in [1.165, 1.54) is 50.5 Å². The summed E-state index contributed by atoms with van der Waals surface area (Å²) in [4.78, 5) is 23.9. The zero-order valence-corrected chi connectivity index (χ0v) is 15.9. The lowest BCUT2D eigenvalue weighted by Gasteiger charge is -2.13. The number of hydrogen-bond donors (Lipinski definition) is 2. The second-order valence-corrected chi connectivity index (χ2v) is 8.11. The second kappa shape index (κ2) is 8.19. The molecule has 0 bridgehead atoms. The van der Waals surface area contributed by atoms with Crippen LogP contribution in [0.2, 0.25) is 0 Å². The molecule has 0 aliphatic heterocycles. The number of nitrogens with one attached hydrogen (secondary N) is 1. The number of phenolic OH excluding ortho intramolecular Hbond substituents is 1. The van der Waals surface area contributed by atoms with E-state index >= 15 is 0 Å². The van der Waals surface area contributed by atoms with E-state index < -0.39 is 28.5 Å². The molecule has 0 radical (unpaired) electrons. The molecule has 8 nitrogen and oxygen atoms in total. The monoisotopic (exact) mass is 392 g/mol. The van der Waals surface area contributed by atoms with Gasteiger partial charge in [-0.3, -0.25) is 4.79 Å². The maximum atomic E-state index is 12.1. The summed E-state index contributed by atoms with van der Waals surface area (Å²) in [5.41, 5.74) is 0.971. The minimum absolute atomic E-state index is 0.0203. The molecule has 0 saturated heterocycles. The average molecular weight is 392 g/mol. The van der Waals surface area contributed by atoms with Crippen molar-refractivity contribution in [1.82, 2.24) is 4.31 Å². The quantitative estimate of drug-likeness (QED) is 0.724. The van der Waals surface area contributed by atoms with Gasteiger partial charge in [0.05, 0.1) is 4.90 Å². The highest BCUT2D eigenvalue weighted by molar-refractivity contribution is 7.89. The lowest BCUT2D eigenvalue weighted by Crippen LogP contribution is -2.23. The van der Waals surface area contributed by atoms with Crippen LogP contribution in [0, 0.1) is 6.92 Å². The largest absolute Gasteiger partial charge is 0.507 e. The number of rotatable bonds is 6. The van der Waals surface area contributed by atoms with Crippen LogP contribution in [0.25, 0.3) is 0 Å². The van der Waals surface area contributed by atoms with Gasteiger partial charge in [-0.1, -0.05) is 12.1 Å². The third-order valence-corrected chi connectivity index (χ3v) is 5.41. The van der Waals surface area contributed by atoms with E-state index in [2.05, 4.69) is 5.32 Å². The van der Waals surface area contributed by atoms with E-state index in [9.17, 15) is 23.1 Å². The number of aryl methyl sites for hydroxylation is 1. The summed E-state index contributed by atoms with van der Waals surface area (Å²) in [5.74, 6) is -1.72. The van der Waals surface area contributed by atoms with Crippen LogP contribution in [0.3, 0.4) is 0 Å². The maximum absolute atomic E-state index is 12.1. The van der Waals surface area contributed by atoms with Crippen molar-refractivity contribution in [2.24, 2.45) is 0 Å². The van der Waals surface area contributed by atoms with Gasteiger partial charge in [-0.2, -0.15) is 0 Å². The smallest absolute Gasteiger partial charge is 0.342 e. The third-order valence-electron chi connectivity index (χ3n) is 3.60. The molecule has 0 atom stereocenters. The van der Waals surface area contributed by atoms with Crippen molar-refractivity contribution in [2.45, 2.75) is 11.8 Å². The number of sulfonamides is 1. The number of anilines is 1. The fourth-order valence-electron chi connectivity index (χ4n) is 2.17. The van der Waals surface area contributed by atoms with Crippen molar-refractivity contribution in [3.05, 3.63) is 53.6 Å². The summed E-state index contributed by atoms with van der Waals surface area (Å²) in [5, 5.41) is 12.2. The molecule has 2 rings (SSSR count). The van der Waals surface area contributed by atoms with Crippen molar-refractivity contribution in [3.63, 3.8) is 0 Å². The Labute approximate surface area is 157 Å². The molecule has 0 fully saturated rings. The van der Waals surface area contributed by atoms with Crippen LogP contribution in [-0.4, -0.2) is 50.4 Å². The summed E-state index contributed by atoms with van der Waals surface area (Å²) in [6, 6.07) is 10.2. The first-order valence-corrected chi connectivity index (χ1v) is 9.34. The third kappa shape index (κ3) is 5.05. The van der Waals surface area contributed by atoms with E-state index in [0.717, 1.165) is 9.87 Å². The molecule has 0 heterocycles. The first-order chi connectivity index (χ1) is 12.6. The zero-order chi connectivity index (χ0) is 20.2. The summed E-state index contributed by atoms with van der Waals surface area (Å²) in [6.07, 6.45) is 0. The first kappa shape index (κ1) is 20.4. The van der Waals surface area contributed by atoms with Crippen molar-refractivity contribution in [2.75, 3.05) is 26.0 Å². The summed E-state index contributed by atoms with van der Waals surface area (Å²) in [7, 11) is -0.830. The van der Waals surface area contributed by atoms with Crippen molar-refractivity contribution >= 4 is 27.6 Å². The minimum atomic E-state index is -3.64. The van der Waals surface area contributed by atoms with Gasteiger partial charge in [0.25, 0.3) is 5.91 Å². The molecule has 0 unspecified atom stereocenters. The molecule has 0 saturated carbocycles. The molecule has 27 heavy (non-hydrogen) atoms. The number of amides is 1. The molecule has 2 aromatic carbocycles. The molecular weight excluding hydrogens is 372 g/mol. The standard InChI is InChI=1S/C18H20N2O6S/c1-12-7-8-15(16(21)9-12)18(23)26-11-17(22)19-13-5-4-6-14(10-13)27(24,25)20(2)3/h4-10,21H,11H2,1-3H3,(H,19,22).